The molecular formula is C16H16N4S. The van der Waals surface area contributed by atoms with Crippen LogP contribution in [0.3, 0.4) is 0 Å². The maximum atomic E-state index is 9.11. The van der Waals surface area contributed by atoms with Crippen molar-refractivity contribution in [1.29, 1.82) is 10.5 Å². The molecule has 0 saturated heterocycles. The van der Waals surface area contributed by atoms with E-state index in [1.165, 1.54) is 5.56 Å². The van der Waals surface area contributed by atoms with Crippen LogP contribution in [0.15, 0.2) is 41.8 Å². The Hall–Kier alpha value is -2.24. The number of hydrogen-bond donors (Lipinski definition) is 0. The largest absolute Gasteiger partial charge is 0.295 e. The minimum absolute atomic E-state index is 0.114. The van der Waals surface area contributed by atoms with Crippen molar-refractivity contribution in [3.8, 4) is 17.8 Å². The Morgan fingerprint density at radius 3 is 2.86 bits per heavy atom. The highest BCUT2D eigenvalue weighted by Gasteiger charge is 2.12. The van der Waals surface area contributed by atoms with Crippen LogP contribution in [0.5, 0.6) is 0 Å². The molecule has 5 heteroatoms. The molecule has 0 saturated carbocycles. The zero-order valence-electron chi connectivity index (χ0n) is 11.9. The average Bonchev–Trinajstić information content (AvgIpc) is 2.96. The molecule has 0 aliphatic rings. The van der Waals surface area contributed by atoms with Crippen molar-refractivity contribution >= 4 is 11.8 Å². The van der Waals surface area contributed by atoms with Crippen molar-refractivity contribution in [2.45, 2.75) is 24.9 Å². The molecule has 0 aliphatic heterocycles. The lowest BCUT2D eigenvalue weighted by atomic mass is 10.1. The van der Waals surface area contributed by atoms with Crippen molar-refractivity contribution in [3.05, 3.63) is 42.2 Å². The minimum Gasteiger partial charge on any atom is -0.295 e. The molecule has 4 nitrogen and oxygen atoms in total. The maximum Gasteiger partial charge on any atom is 0.172 e. The van der Waals surface area contributed by atoms with Gasteiger partial charge in [-0.25, -0.2) is 4.98 Å². The number of hydrogen-bond acceptors (Lipinski definition) is 4. The summed E-state index contributed by atoms with van der Waals surface area (Å²) in [6, 6.07) is 12.5. The molecule has 1 atom stereocenters. The van der Waals surface area contributed by atoms with E-state index in [0.29, 0.717) is 18.6 Å². The Bertz CT molecular complexity index is 678. The Morgan fingerprint density at radius 2 is 2.14 bits per heavy atom. The van der Waals surface area contributed by atoms with E-state index in [1.54, 1.807) is 18.0 Å². The van der Waals surface area contributed by atoms with Crippen LogP contribution in [0.4, 0.5) is 0 Å². The number of aryl methyl sites for hydroxylation is 1. The highest BCUT2D eigenvalue weighted by molar-refractivity contribution is 7.99. The molecular weight excluding hydrogens is 280 g/mol. The molecule has 0 N–H and O–H groups in total. The minimum atomic E-state index is -0.114. The number of nitrogens with zero attached hydrogens (tertiary/aromatic N) is 4. The van der Waals surface area contributed by atoms with Crippen LogP contribution in [0.25, 0.3) is 5.69 Å². The van der Waals surface area contributed by atoms with Gasteiger partial charge < -0.3 is 0 Å². The van der Waals surface area contributed by atoms with Gasteiger partial charge in [0.2, 0.25) is 0 Å². The summed E-state index contributed by atoms with van der Waals surface area (Å²) in [5, 5.41) is 18.6. The molecule has 0 amide bonds. The van der Waals surface area contributed by atoms with Gasteiger partial charge in [0.1, 0.15) is 0 Å². The summed E-state index contributed by atoms with van der Waals surface area (Å²) in [5.74, 6) is 0.540. The maximum absolute atomic E-state index is 9.11. The third kappa shape index (κ3) is 3.87. The van der Waals surface area contributed by atoms with Gasteiger partial charge in [-0.2, -0.15) is 10.5 Å². The molecule has 1 heterocycles. The summed E-state index contributed by atoms with van der Waals surface area (Å²) in [5.41, 5.74) is 2.28. The van der Waals surface area contributed by atoms with Gasteiger partial charge in [-0.3, -0.25) is 4.57 Å². The van der Waals surface area contributed by atoms with E-state index in [-0.39, 0.29) is 5.92 Å². The van der Waals surface area contributed by atoms with Gasteiger partial charge in [0.15, 0.2) is 5.16 Å². The van der Waals surface area contributed by atoms with Gasteiger partial charge in [-0.1, -0.05) is 30.0 Å². The zero-order valence-corrected chi connectivity index (χ0v) is 12.7. The Kier molecular flexibility index (Phi) is 5.43. The summed E-state index contributed by atoms with van der Waals surface area (Å²) in [6.07, 6.45) is 4.74. The van der Waals surface area contributed by atoms with Gasteiger partial charge in [0.05, 0.1) is 23.7 Å². The molecule has 1 unspecified atom stereocenters. The Balaban J connectivity index is 2.10. The van der Waals surface area contributed by atoms with Crippen LogP contribution < -0.4 is 0 Å². The van der Waals surface area contributed by atoms with Gasteiger partial charge in [0.25, 0.3) is 0 Å². The molecule has 0 fully saturated rings. The average molecular weight is 296 g/mol. The number of thioether (sulfide) groups is 1. The number of nitriles is 2. The second-order valence-corrected chi connectivity index (χ2v) is 5.69. The number of imidazole rings is 1. The first-order valence-corrected chi connectivity index (χ1v) is 7.73. The van der Waals surface area contributed by atoms with Crippen molar-refractivity contribution in [3.63, 3.8) is 0 Å². The first-order valence-electron chi connectivity index (χ1n) is 6.75. The highest BCUT2D eigenvalue weighted by Crippen LogP contribution is 2.25. The molecule has 1 aromatic heterocycles. The van der Waals surface area contributed by atoms with Crippen LogP contribution in [-0.2, 0) is 0 Å². The Morgan fingerprint density at radius 1 is 1.33 bits per heavy atom. The van der Waals surface area contributed by atoms with Gasteiger partial charge in [-0.05, 0) is 25.0 Å². The van der Waals surface area contributed by atoms with Gasteiger partial charge in [0, 0.05) is 24.6 Å². The zero-order chi connectivity index (χ0) is 15.1. The van der Waals surface area contributed by atoms with Crippen LogP contribution >= 0.6 is 11.8 Å². The fraction of sp³-hybridized carbons (Fsp3) is 0.312. The SMILES string of the molecule is Cc1ccccc1-n1ccnc1SCC(C#N)CCC#N. The van der Waals surface area contributed by atoms with E-state index in [0.717, 1.165) is 10.8 Å². The standard InChI is InChI=1S/C16H16N4S/c1-13-5-2-3-7-15(13)20-10-9-19-16(20)21-12-14(11-18)6-4-8-17/h2-3,5,7,9-10,14H,4,6,12H2,1H3. The van der Waals surface area contributed by atoms with Crippen molar-refractivity contribution in [2.75, 3.05) is 5.75 Å². The third-order valence-corrected chi connectivity index (χ3v) is 4.31. The van der Waals surface area contributed by atoms with Crippen molar-refractivity contribution in [1.82, 2.24) is 9.55 Å². The molecule has 2 aromatic rings. The van der Waals surface area contributed by atoms with Crippen LogP contribution in [0.1, 0.15) is 18.4 Å². The first kappa shape index (κ1) is 15.2. The summed E-state index contributed by atoms with van der Waals surface area (Å²) in [7, 11) is 0. The van der Waals surface area contributed by atoms with E-state index >= 15 is 0 Å². The van der Waals surface area contributed by atoms with Crippen molar-refractivity contribution < 1.29 is 0 Å². The van der Waals surface area contributed by atoms with Gasteiger partial charge >= 0.3 is 0 Å². The third-order valence-electron chi connectivity index (χ3n) is 3.18. The van der Waals surface area contributed by atoms with E-state index in [9.17, 15) is 0 Å². The second-order valence-electron chi connectivity index (χ2n) is 4.70. The monoisotopic (exact) mass is 296 g/mol. The second kappa shape index (κ2) is 7.52. The van der Waals surface area contributed by atoms with E-state index in [4.69, 9.17) is 10.5 Å². The van der Waals surface area contributed by atoms with E-state index < -0.39 is 0 Å². The Labute approximate surface area is 129 Å². The summed E-state index contributed by atoms with van der Waals surface area (Å²) < 4.78 is 2.04. The fourth-order valence-electron chi connectivity index (χ4n) is 2.01. The molecule has 1 aromatic carbocycles. The molecule has 0 aliphatic carbocycles. The number of rotatable bonds is 6. The number of para-hydroxylation sites is 1. The summed E-state index contributed by atoms with van der Waals surface area (Å²) in [4.78, 5) is 4.37. The predicted octanol–water partition coefficient (Wildman–Crippen LogP) is 3.72. The molecule has 0 spiro atoms. The predicted molar refractivity (Wildman–Crippen MR) is 83.0 cm³/mol. The summed E-state index contributed by atoms with van der Waals surface area (Å²) >= 11 is 1.56. The smallest absolute Gasteiger partial charge is 0.172 e. The molecule has 0 bridgehead atoms. The lowest BCUT2D eigenvalue weighted by Gasteiger charge is -2.11. The van der Waals surface area contributed by atoms with E-state index in [1.807, 2.05) is 22.9 Å². The summed E-state index contributed by atoms with van der Waals surface area (Å²) in [6.45, 7) is 2.06. The number of aromatic nitrogens is 2. The van der Waals surface area contributed by atoms with Crippen LogP contribution in [0.2, 0.25) is 0 Å². The lowest BCUT2D eigenvalue weighted by Crippen LogP contribution is -2.03. The molecule has 106 valence electrons. The van der Waals surface area contributed by atoms with Gasteiger partial charge in [-0.15, -0.1) is 0 Å². The van der Waals surface area contributed by atoms with E-state index in [2.05, 4.69) is 36.2 Å². The molecule has 0 radical (unpaired) electrons. The lowest BCUT2D eigenvalue weighted by molar-refractivity contribution is 0.683. The van der Waals surface area contributed by atoms with Crippen LogP contribution in [0, 0.1) is 35.5 Å². The molecule has 21 heavy (non-hydrogen) atoms. The quantitative estimate of drug-likeness (QED) is 0.762. The highest BCUT2D eigenvalue weighted by atomic mass is 32.2. The number of benzene rings is 1. The first-order chi connectivity index (χ1) is 10.3. The fourth-order valence-corrected chi connectivity index (χ4v) is 3.04. The topological polar surface area (TPSA) is 65.4 Å². The normalized spacial score (nSPS) is 11.6. The van der Waals surface area contributed by atoms with Crippen molar-refractivity contribution in [2.24, 2.45) is 5.92 Å². The molecule has 2 rings (SSSR count). The van der Waals surface area contributed by atoms with Crippen LogP contribution in [-0.4, -0.2) is 15.3 Å².